The molecule has 1 aliphatic heterocycles. The van der Waals surface area contributed by atoms with Crippen LogP contribution in [0, 0.1) is 0 Å². The van der Waals surface area contributed by atoms with Crippen molar-refractivity contribution >= 4 is 23.2 Å². The average Bonchev–Trinajstić information content (AvgIpc) is 2.84. The molecule has 1 amide bonds. The van der Waals surface area contributed by atoms with E-state index in [0.717, 1.165) is 19.6 Å². The summed E-state index contributed by atoms with van der Waals surface area (Å²) in [4.78, 5) is 14.5. The molecule has 0 radical (unpaired) electrons. The van der Waals surface area contributed by atoms with E-state index in [0.29, 0.717) is 16.3 Å². The Morgan fingerprint density at radius 1 is 1.47 bits per heavy atom. The predicted octanol–water partition coefficient (Wildman–Crippen LogP) is 2.14. The molecule has 1 atom stereocenters. The van der Waals surface area contributed by atoms with Crippen LogP contribution in [0.4, 0.5) is 5.69 Å². The molecule has 0 aliphatic carbocycles. The van der Waals surface area contributed by atoms with Crippen LogP contribution in [-0.4, -0.2) is 36.5 Å². The number of nitrogens with zero attached hydrogens (tertiary/aromatic N) is 1. The first-order valence-electron chi connectivity index (χ1n) is 6.64. The van der Waals surface area contributed by atoms with Gasteiger partial charge in [0.15, 0.2) is 0 Å². The minimum Gasteiger partial charge on any atom is -0.398 e. The summed E-state index contributed by atoms with van der Waals surface area (Å²) in [6.07, 6.45) is 2.50. The molecule has 3 N–H and O–H groups in total. The number of amides is 1. The first kappa shape index (κ1) is 14.2. The van der Waals surface area contributed by atoms with E-state index in [2.05, 4.69) is 10.2 Å². The molecule has 0 bridgehead atoms. The summed E-state index contributed by atoms with van der Waals surface area (Å²) in [7, 11) is 0. The van der Waals surface area contributed by atoms with Crippen molar-refractivity contribution in [1.29, 1.82) is 0 Å². The van der Waals surface area contributed by atoms with E-state index in [1.165, 1.54) is 12.8 Å². The van der Waals surface area contributed by atoms with E-state index >= 15 is 0 Å². The van der Waals surface area contributed by atoms with Gasteiger partial charge in [-0.2, -0.15) is 0 Å². The fraction of sp³-hybridized carbons (Fsp3) is 0.500. The minimum atomic E-state index is -0.160. The number of carbonyl (C=O) groups is 1. The Hall–Kier alpha value is -1.26. The third-order valence-corrected chi connectivity index (χ3v) is 3.60. The van der Waals surface area contributed by atoms with Gasteiger partial charge in [-0.25, -0.2) is 0 Å². The van der Waals surface area contributed by atoms with Gasteiger partial charge < -0.3 is 16.0 Å². The maximum atomic E-state index is 12.1. The molecule has 1 aliphatic rings. The lowest BCUT2D eigenvalue weighted by atomic mass is 10.1. The topological polar surface area (TPSA) is 58.4 Å². The maximum absolute atomic E-state index is 12.1. The maximum Gasteiger partial charge on any atom is 0.253 e. The molecule has 1 aromatic carbocycles. The SMILES string of the molecule is CC(CN1CCCC1)NC(=O)c1cc(Cl)ccc1N. The average molecular weight is 282 g/mol. The summed E-state index contributed by atoms with van der Waals surface area (Å²) in [5.74, 6) is -0.160. The number of likely N-dealkylation sites (tertiary alicyclic amines) is 1. The third kappa shape index (κ3) is 3.85. The zero-order valence-electron chi connectivity index (χ0n) is 11.2. The first-order valence-corrected chi connectivity index (χ1v) is 7.02. The number of rotatable bonds is 4. The predicted molar refractivity (Wildman–Crippen MR) is 78.5 cm³/mol. The van der Waals surface area contributed by atoms with Gasteiger partial charge in [0.1, 0.15) is 0 Å². The zero-order chi connectivity index (χ0) is 13.8. The van der Waals surface area contributed by atoms with Crippen molar-refractivity contribution in [3.05, 3.63) is 28.8 Å². The van der Waals surface area contributed by atoms with Crippen molar-refractivity contribution < 1.29 is 4.79 Å². The molecule has 1 fully saturated rings. The van der Waals surface area contributed by atoms with E-state index in [9.17, 15) is 4.79 Å². The lowest BCUT2D eigenvalue weighted by Gasteiger charge is -2.21. The Morgan fingerprint density at radius 3 is 2.84 bits per heavy atom. The van der Waals surface area contributed by atoms with Crippen LogP contribution in [0.3, 0.4) is 0 Å². The minimum absolute atomic E-state index is 0.101. The smallest absolute Gasteiger partial charge is 0.253 e. The van der Waals surface area contributed by atoms with Crippen molar-refractivity contribution in [2.75, 3.05) is 25.4 Å². The van der Waals surface area contributed by atoms with Gasteiger partial charge in [-0.15, -0.1) is 0 Å². The molecule has 4 nitrogen and oxygen atoms in total. The van der Waals surface area contributed by atoms with Crippen LogP contribution in [0.25, 0.3) is 0 Å². The number of hydrogen-bond donors (Lipinski definition) is 2. The van der Waals surface area contributed by atoms with Crippen molar-refractivity contribution in [2.45, 2.75) is 25.8 Å². The number of halogens is 1. The van der Waals surface area contributed by atoms with Crippen molar-refractivity contribution in [1.82, 2.24) is 10.2 Å². The second-order valence-electron chi connectivity index (χ2n) is 5.11. The largest absolute Gasteiger partial charge is 0.398 e. The van der Waals surface area contributed by atoms with Gasteiger partial charge in [0.2, 0.25) is 0 Å². The van der Waals surface area contributed by atoms with Gasteiger partial charge in [-0.1, -0.05) is 11.6 Å². The second-order valence-corrected chi connectivity index (χ2v) is 5.55. The highest BCUT2D eigenvalue weighted by Crippen LogP contribution is 2.18. The standard InChI is InChI=1S/C14H20ClN3O/c1-10(9-18-6-2-3-7-18)17-14(19)12-8-11(15)4-5-13(12)16/h4-5,8,10H,2-3,6-7,9,16H2,1H3,(H,17,19). The Kier molecular flexibility index (Phi) is 4.66. The molecule has 1 unspecified atom stereocenters. The van der Waals surface area contributed by atoms with Crippen LogP contribution < -0.4 is 11.1 Å². The molecule has 5 heteroatoms. The second kappa shape index (κ2) is 6.26. The first-order chi connectivity index (χ1) is 9.06. The molecule has 0 aromatic heterocycles. The number of nitrogen functional groups attached to an aromatic ring is 1. The molecule has 0 spiro atoms. The Morgan fingerprint density at radius 2 is 2.16 bits per heavy atom. The highest BCUT2D eigenvalue weighted by Gasteiger charge is 2.17. The lowest BCUT2D eigenvalue weighted by molar-refractivity contribution is 0.0933. The lowest BCUT2D eigenvalue weighted by Crippen LogP contribution is -2.41. The molecule has 1 aromatic rings. The highest BCUT2D eigenvalue weighted by molar-refractivity contribution is 6.31. The summed E-state index contributed by atoms with van der Waals surface area (Å²) in [6, 6.07) is 5.04. The van der Waals surface area contributed by atoms with Gasteiger partial charge in [0.25, 0.3) is 5.91 Å². The van der Waals surface area contributed by atoms with Gasteiger partial charge >= 0.3 is 0 Å². The van der Waals surface area contributed by atoms with E-state index in [1.807, 2.05) is 6.92 Å². The molecule has 1 heterocycles. The van der Waals surface area contributed by atoms with Crippen LogP contribution in [-0.2, 0) is 0 Å². The van der Waals surface area contributed by atoms with E-state index in [4.69, 9.17) is 17.3 Å². The van der Waals surface area contributed by atoms with Gasteiger partial charge in [-0.3, -0.25) is 4.79 Å². The molecule has 2 rings (SSSR count). The van der Waals surface area contributed by atoms with Crippen LogP contribution >= 0.6 is 11.6 Å². The van der Waals surface area contributed by atoms with E-state index in [1.54, 1.807) is 18.2 Å². The summed E-state index contributed by atoms with van der Waals surface area (Å²) in [6.45, 7) is 5.14. The third-order valence-electron chi connectivity index (χ3n) is 3.37. The van der Waals surface area contributed by atoms with Crippen molar-refractivity contribution in [3.63, 3.8) is 0 Å². The summed E-state index contributed by atoms with van der Waals surface area (Å²) < 4.78 is 0. The summed E-state index contributed by atoms with van der Waals surface area (Å²) >= 11 is 5.89. The van der Waals surface area contributed by atoms with Gasteiger partial charge in [0.05, 0.1) is 5.56 Å². The Balaban J connectivity index is 1.94. The van der Waals surface area contributed by atoms with Crippen LogP contribution in [0.5, 0.6) is 0 Å². The highest BCUT2D eigenvalue weighted by atomic mass is 35.5. The van der Waals surface area contributed by atoms with Crippen molar-refractivity contribution in [2.24, 2.45) is 0 Å². The van der Waals surface area contributed by atoms with E-state index in [-0.39, 0.29) is 11.9 Å². The van der Waals surface area contributed by atoms with Crippen molar-refractivity contribution in [3.8, 4) is 0 Å². The van der Waals surface area contributed by atoms with Gasteiger partial charge in [-0.05, 0) is 51.1 Å². The normalized spacial score (nSPS) is 17.4. The molecule has 0 saturated carbocycles. The van der Waals surface area contributed by atoms with Crippen LogP contribution in [0.1, 0.15) is 30.1 Å². The molecular formula is C14H20ClN3O. The molecule has 104 valence electrons. The number of nitrogens with one attached hydrogen (secondary N) is 1. The van der Waals surface area contributed by atoms with Gasteiger partial charge in [0, 0.05) is 23.3 Å². The molecular weight excluding hydrogens is 262 g/mol. The number of anilines is 1. The number of hydrogen-bond acceptors (Lipinski definition) is 3. The quantitative estimate of drug-likeness (QED) is 0.832. The molecule has 1 saturated heterocycles. The number of carbonyl (C=O) groups excluding carboxylic acids is 1. The Labute approximate surface area is 118 Å². The number of nitrogens with two attached hydrogens (primary N) is 1. The fourth-order valence-electron chi connectivity index (χ4n) is 2.42. The monoisotopic (exact) mass is 281 g/mol. The van der Waals surface area contributed by atoms with Crippen LogP contribution in [0.15, 0.2) is 18.2 Å². The zero-order valence-corrected chi connectivity index (χ0v) is 11.9. The fourth-order valence-corrected chi connectivity index (χ4v) is 2.60. The Bertz CT molecular complexity index is 458. The number of benzene rings is 1. The van der Waals surface area contributed by atoms with E-state index < -0.39 is 0 Å². The molecule has 19 heavy (non-hydrogen) atoms. The summed E-state index contributed by atoms with van der Waals surface area (Å²) in [5.41, 5.74) is 6.70. The summed E-state index contributed by atoms with van der Waals surface area (Å²) in [5, 5.41) is 3.49. The van der Waals surface area contributed by atoms with Crippen LogP contribution in [0.2, 0.25) is 5.02 Å².